The molecule has 7 heteroatoms. The average Bonchev–Trinajstić information content (AvgIpc) is 2.89. The van der Waals surface area contributed by atoms with E-state index in [9.17, 15) is 4.79 Å². The second-order valence-electron chi connectivity index (χ2n) is 6.48. The van der Waals surface area contributed by atoms with E-state index in [2.05, 4.69) is 25.7 Å². The number of nitrogens with zero attached hydrogens (tertiary/aromatic N) is 4. The largest absolute Gasteiger partial charge is 0.368 e. The van der Waals surface area contributed by atoms with Gasteiger partial charge in [0, 0.05) is 30.5 Å². The summed E-state index contributed by atoms with van der Waals surface area (Å²) in [7, 11) is 0. The minimum absolute atomic E-state index is 0.0632. The van der Waals surface area contributed by atoms with Gasteiger partial charge in [-0.3, -0.25) is 4.79 Å². The molecule has 134 valence electrons. The fourth-order valence-corrected chi connectivity index (χ4v) is 3.38. The lowest BCUT2D eigenvalue weighted by Crippen LogP contribution is -2.26. The third-order valence-electron chi connectivity index (χ3n) is 4.67. The van der Waals surface area contributed by atoms with Gasteiger partial charge in [-0.2, -0.15) is 5.10 Å². The Hall–Kier alpha value is -2.80. The van der Waals surface area contributed by atoms with Gasteiger partial charge in [0.25, 0.3) is 5.56 Å². The highest BCUT2D eigenvalue weighted by atomic mass is 16.1. The van der Waals surface area contributed by atoms with E-state index in [0.29, 0.717) is 18.5 Å². The molecule has 0 unspecified atom stereocenters. The van der Waals surface area contributed by atoms with Crippen molar-refractivity contribution in [2.75, 3.05) is 25.0 Å². The summed E-state index contributed by atoms with van der Waals surface area (Å²) in [5.41, 5.74) is 2.23. The molecular formula is C19H22N6O. The van der Waals surface area contributed by atoms with Gasteiger partial charge in [-0.1, -0.05) is 18.2 Å². The van der Waals surface area contributed by atoms with Crippen LogP contribution in [-0.4, -0.2) is 39.4 Å². The number of hydrogen-bond donors (Lipinski definition) is 2. The van der Waals surface area contributed by atoms with Crippen LogP contribution in [0, 0.1) is 6.92 Å². The highest BCUT2D eigenvalue weighted by molar-refractivity contribution is 5.80. The van der Waals surface area contributed by atoms with Crippen molar-refractivity contribution < 1.29 is 0 Å². The van der Waals surface area contributed by atoms with Gasteiger partial charge >= 0.3 is 0 Å². The van der Waals surface area contributed by atoms with Gasteiger partial charge in [0.2, 0.25) is 0 Å². The third-order valence-corrected chi connectivity index (χ3v) is 4.67. The lowest BCUT2D eigenvalue weighted by Gasteiger charge is -2.14. The number of nitrogens with one attached hydrogen (secondary N) is 2. The van der Waals surface area contributed by atoms with Crippen molar-refractivity contribution in [1.29, 1.82) is 0 Å². The van der Waals surface area contributed by atoms with Gasteiger partial charge in [0.05, 0.1) is 23.8 Å². The van der Waals surface area contributed by atoms with E-state index in [0.717, 1.165) is 48.7 Å². The summed E-state index contributed by atoms with van der Waals surface area (Å²) in [5.74, 6) is 1.65. The van der Waals surface area contributed by atoms with Gasteiger partial charge in [-0.25, -0.2) is 14.6 Å². The number of anilines is 1. The maximum atomic E-state index is 12.5. The first-order valence-electron chi connectivity index (χ1n) is 8.98. The molecule has 26 heavy (non-hydrogen) atoms. The van der Waals surface area contributed by atoms with E-state index in [1.807, 2.05) is 31.2 Å². The fourth-order valence-electron chi connectivity index (χ4n) is 3.38. The highest BCUT2D eigenvalue weighted by Gasteiger charge is 2.15. The Morgan fingerprint density at radius 1 is 1.19 bits per heavy atom. The van der Waals surface area contributed by atoms with Crippen LogP contribution < -0.4 is 16.2 Å². The summed E-state index contributed by atoms with van der Waals surface area (Å²) in [6.07, 6.45) is 3.56. The van der Waals surface area contributed by atoms with Crippen LogP contribution in [0.4, 0.5) is 5.82 Å². The van der Waals surface area contributed by atoms with Crippen LogP contribution in [-0.2, 0) is 19.4 Å². The summed E-state index contributed by atoms with van der Waals surface area (Å²) >= 11 is 0. The third kappa shape index (κ3) is 3.30. The molecule has 0 saturated heterocycles. The fraction of sp³-hybridized carbons (Fsp3) is 0.368. The van der Waals surface area contributed by atoms with Crippen LogP contribution in [0.5, 0.6) is 0 Å². The molecule has 0 amide bonds. The van der Waals surface area contributed by atoms with Crippen molar-refractivity contribution in [1.82, 2.24) is 25.1 Å². The maximum absolute atomic E-state index is 12.5. The molecule has 3 heterocycles. The average molecular weight is 350 g/mol. The van der Waals surface area contributed by atoms with Crippen LogP contribution in [0.1, 0.15) is 17.1 Å². The number of rotatable bonds is 4. The Morgan fingerprint density at radius 2 is 2.04 bits per heavy atom. The van der Waals surface area contributed by atoms with E-state index >= 15 is 0 Å². The molecule has 1 aliphatic heterocycles. The first-order chi connectivity index (χ1) is 12.7. The van der Waals surface area contributed by atoms with Crippen LogP contribution in [0.25, 0.3) is 10.8 Å². The standard InChI is InChI=1S/C19H22N6O/c1-13-23-17-7-9-20-8-6-16(17)18(24-13)21-10-11-25-19(26)15-5-3-2-4-14(15)12-22-25/h2-5,12,20H,6-11H2,1H3,(H,21,23,24). The van der Waals surface area contributed by atoms with Gasteiger partial charge in [-0.15, -0.1) is 0 Å². The summed E-state index contributed by atoms with van der Waals surface area (Å²) in [4.78, 5) is 21.7. The van der Waals surface area contributed by atoms with E-state index in [1.54, 1.807) is 6.20 Å². The van der Waals surface area contributed by atoms with Gasteiger partial charge in [0.15, 0.2) is 0 Å². The molecule has 0 aliphatic carbocycles. The Morgan fingerprint density at radius 3 is 2.96 bits per heavy atom. The Bertz CT molecular complexity index is 997. The van der Waals surface area contributed by atoms with Crippen LogP contribution in [0.2, 0.25) is 0 Å². The monoisotopic (exact) mass is 350 g/mol. The van der Waals surface area contributed by atoms with E-state index < -0.39 is 0 Å². The van der Waals surface area contributed by atoms with Crippen molar-refractivity contribution in [2.45, 2.75) is 26.3 Å². The van der Waals surface area contributed by atoms with Gasteiger partial charge in [-0.05, 0) is 26.0 Å². The second-order valence-corrected chi connectivity index (χ2v) is 6.48. The quantitative estimate of drug-likeness (QED) is 0.738. The summed E-state index contributed by atoms with van der Waals surface area (Å²) in [6.45, 7) is 4.86. The SMILES string of the molecule is Cc1nc2c(c(NCCn3ncc4ccccc4c3=O)n1)CCNCC2. The molecule has 0 bridgehead atoms. The number of fused-ring (bicyclic) bond motifs is 2. The van der Waals surface area contributed by atoms with Crippen LogP contribution in [0.15, 0.2) is 35.3 Å². The van der Waals surface area contributed by atoms with Gasteiger partial charge < -0.3 is 10.6 Å². The molecule has 2 aromatic heterocycles. The van der Waals surface area contributed by atoms with Crippen molar-refractivity contribution in [3.05, 3.63) is 57.9 Å². The smallest absolute Gasteiger partial charge is 0.274 e. The molecule has 0 atom stereocenters. The van der Waals surface area contributed by atoms with Crippen molar-refractivity contribution in [2.24, 2.45) is 0 Å². The number of aryl methyl sites for hydroxylation is 1. The molecule has 0 fully saturated rings. The molecule has 0 saturated carbocycles. The second kappa shape index (κ2) is 7.21. The zero-order valence-corrected chi connectivity index (χ0v) is 14.8. The number of aromatic nitrogens is 4. The van der Waals surface area contributed by atoms with E-state index in [1.165, 1.54) is 10.2 Å². The van der Waals surface area contributed by atoms with Crippen molar-refractivity contribution in [3.8, 4) is 0 Å². The minimum atomic E-state index is -0.0632. The topological polar surface area (TPSA) is 84.7 Å². The normalized spacial score (nSPS) is 14.0. The summed E-state index contributed by atoms with van der Waals surface area (Å²) < 4.78 is 1.50. The Kier molecular flexibility index (Phi) is 4.62. The minimum Gasteiger partial charge on any atom is -0.368 e. The lowest BCUT2D eigenvalue weighted by molar-refractivity contribution is 0.603. The molecule has 0 radical (unpaired) electrons. The molecule has 2 N–H and O–H groups in total. The molecular weight excluding hydrogens is 328 g/mol. The molecule has 0 spiro atoms. The summed E-state index contributed by atoms with van der Waals surface area (Å²) in [6, 6.07) is 7.52. The lowest BCUT2D eigenvalue weighted by atomic mass is 10.1. The highest BCUT2D eigenvalue weighted by Crippen LogP contribution is 2.19. The maximum Gasteiger partial charge on any atom is 0.274 e. The molecule has 1 aliphatic rings. The number of benzene rings is 1. The van der Waals surface area contributed by atoms with Crippen molar-refractivity contribution in [3.63, 3.8) is 0 Å². The zero-order valence-electron chi connectivity index (χ0n) is 14.8. The van der Waals surface area contributed by atoms with Gasteiger partial charge in [0.1, 0.15) is 11.6 Å². The Balaban J connectivity index is 1.53. The van der Waals surface area contributed by atoms with Crippen LogP contribution >= 0.6 is 0 Å². The van der Waals surface area contributed by atoms with Crippen LogP contribution in [0.3, 0.4) is 0 Å². The number of hydrogen-bond acceptors (Lipinski definition) is 6. The predicted octanol–water partition coefficient (Wildman–Crippen LogP) is 1.30. The summed E-state index contributed by atoms with van der Waals surface area (Å²) in [5, 5.41) is 12.6. The predicted molar refractivity (Wildman–Crippen MR) is 102 cm³/mol. The first kappa shape index (κ1) is 16.7. The zero-order chi connectivity index (χ0) is 17.9. The molecule has 4 rings (SSSR count). The Labute approximate surface area is 151 Å². The first-order valence-corrected chi connectivity index (χ1v) is 8.98. The van der Waals surface area contributed by atoms with E-state index in [-0.39, 0.29) is 5.56 Å². The van der Waals surface area contributed by atoms with Crippen molar-refractivity contribution >= 4 is 16.6 Å². The van der Waals surface area contributed by atoms with E-state index in [4.69, 9.17) is 0 Å². The molecule has 1 aromatic carbocycles. The molecule has 3 aromatic rings. The molecule has 7 nitrogen and oxygen atoms in total.